The van der Waals surface area contributed by atoms with Gasteiger partial charge in [-0.2, -0.15) is 0 Å². The fraction of sp³-hybridized carbons (Fsp3) is 0.0714. The Kier molecular flexibility index (Phi) is 3.77. The summed E-state index contributed by atoms with van der Waals surface area (Å²) >= 11 is 6.41. The van der Waals surface area contributed by atoms with E-state index in [4.69, 9.17) is 0 Å². The van der Waals surface area contributed by atoms with E-state index in [1.807, 2.05) is 29.6 Å². The molecule has 96 valence electrons. The number of nitrogens with one attached hydrogen (secondary N) is 1. The van der Waals surface area contributed by atoms with Crippen LogP contribution in [0.3, 0.4) is 0 Å². The zero-order valence-electron chi connectivity index (χ0n) is 9.85. The minimum atomic E-state index is 0.158. The number of halogens is 1. The smallest absolute Gasteiger partial charge is 0.184 e. The third kappa shape index (κ3) is 2.78. The van der Waals surface area contributed by atoms with Crippen molar-refractivity contribution >= 4 is 55.7 Å². The van der Waals surface area contributed by atoms with Crippen LogP contribution in [0.1, 0.15) is 9.67 Å². The molecule has 1 aromatic carbocycles. The molecule has 5 heteroatoms. The van der Waals surface area contributed by atoms with Crippen LogP contribution in [0.25, 0.3) is 10.9 Å². The maximum absolute atomic E-state index is 12.1. The second-order valence-corrected chi connectivity index (χ2v) is 6.82. The SMILES string of the molecule is O=C(CSc1cc2ccccc2[nH]1)c1sccc1Br. The fourth-order valence-corrected chi connectivity index (χ4v) is 4.27. The van der Waals surface area contributed by atoms with Crippen LogP contribution in [0.15, 0.2) is 51.3 Å². The Hall–Kier alpha value is -1.04. The number of carbonyl (C=O) groups excluding carboxylic acids is 1. The van der Waals surface area contributed by atoms with E-state index >= 15 is 0 Å². The first kappa shape index (κ1) is 13.0. The lowest BCUT2D eigenvalue weighted by molar-refractivity contribution is 0.102. The van der Waals surface area contributed by atoms with Crippen molar-refractivity contribution in [3.8, 4) is 0 Å². The molecule has 0 atom stereocenters. The van der Waals surface area contributed by atoms with Gasteiger partial charge in [-0.1, -0.05) is 18.2 Å². The van der Waals surface area contributed by atoms with E-state index in [0.717, 1.165) is 19.9 Å². The summed E-state index contributed by atoms with van der Waals surface area (Å²) in [5, 5.41) is 4.13. The van der Waals surface area contributed by atoms with Crippen LogP contribution in [-0.2, 0) is 0 Å². The number of hydrogen-bond donors (Lipinski definition) is 1. The number of thioether (sulfide) groups is 1. The predicted octanol–water partition coefficient (Wildman–Crippen LogP) is 4.97. The van der Waals surface area contributed by atoms with Crippen LogP contribution in [0.4, 0.5) is 0 Å². The summed E-state index contributed by atoms with van der Waals surface area (Å²) in [6, 6.07) is 12.1. The van der Waals surface area contributed by atoms with E-state index in [9.17, 15) is 4.79 Å². The molecule has 1 N–H and O–H groups in total. The number of thiophene rings is 1. The largest absolute Gasteiger partial charge is 0.350 e. The van der Waals surface area contributed by atoms with Crippen molar-refractivity contribution in [3.63, 3.8) is 0 Å². The molecule has 0 saturated heterocycles. The average molecular weight is 352 g/mol. The van der Waals surface area contributed by atoms with Gasteiger partial charge in [-0.15, -0.1) is 23.1 Å². The molecule has 0 aliphatic carbocycles. The number of benzene rings is 1. The molecule has 2 heterocycles. The molecule has 2 aromatic heterocycles. The summed E-state index contributed by atoms with van der Waals surface area (Å²) in [5.74, 6) is 0.608. The molecule has 3 rings (SSSR count). The topological polar surface area (TPSA) is 32.9 Å². The number of rotatable bonds is 4. The number of hydrogen-bond acceptors (Lipinski definition) is 3. The van der Waals surface area contributed by atoms with Gasteiger partial charge in [-0.3, -0.25) is 4.79 Å². The number of ketones is 1. The summed E-state index contributed by atoms with van der Waals surface area (Å²) in [6.07, 6.45) is 0. The number of aromatic nitrogens is 1. The van der Waals surface area contributed by atoms with Gasteiger partial charge in [0.05, 0.1) is 15.7 Å². The molecule has 0 amide bonds. The number of para-hydroxylation sites is 1. The Morgan fingerprint density at radius 1 is 1.32 bits per heavy atom. The van der Waals surface area contributed by atoms with Crippen molar-refractivity contribution in [1.29, 1.82) is 0 Å². The van der Waals surface area contributed by atoms with Gasteiger partial charge >= 0.3 is 0 Å². The van der Waals surface area contributed by atoms with Gasteiger partial charge in [0.15, 0.2) is 5.78 Å². The van der Waals surface area contributed by atoms with Gasteiger partial charge in [0.2, 0.25) is 0 Å². The van der Waals surface area contributed by atoms with Crippen LogP contribution in [0.5, 0.6) is 0 Å². The second-order valence-electron chi connectivity index (χ2n) is 4.03. The summed E-state index contributed by atoms with van der Waals surface area (Å²) in [7, 11) is 0. The lowest BCUT2D eigenvalue weighted by atomic mass is 10.3. The summed E-state index contributed by atoms with van der Waals surface area (Å²) in [4.78, 5) is 16.2. The minimum absolute atomic E-state index is 0.158. The number of H-pyrrole nitrogens is 1. The van der Waals surface area contributed by atoms with Crippen molar-refractivity contribution in [1.82, 2.24) is 4.98 Å². The summed E-state index contributed by atoms with van der Waals surface area (Å²) < 4.78 is 0.889. The van der Waals surface area contributed by atoms with Gasteiger partial charge in [0.25, 0.3) is 0 Å². The monoisotopic (exact) mass is 351 g/mol. The van der Waals surface area contributed by atoms with Crippen molar-refractivity contribution in [2.45, 2.75) is 5.03 Å². The Morgan fingerprint density at radius 2 is 2.16 bits per heavy atom. The van der Waals surface area contributed by atoms with Crippen LogP contribution in [-0.4, -0.2) is 16.5 Å². The van der Waals surface area contributed by atoms with E-state index in [0.29, 0.717) is 5.75 Å². The Bertz CT molecular complexity index is 699. The van der Waals surface area contributed by atoms with Gasteiger partial charge in [-0.25, -0.2) is 0 Å². The molecule has 0 spiro atoms. The van der Waals surface area contributed by atoms with Crippen molar-refractivity contribution in [2.75, 3.05) is 5.75 Å². The molecule has 0 fully saturated rings. The highest BCUT2D eigenvalue weighted by Crippen LogP contribution is 2.27. The third-order valence-corrected chi connectivity index (χ3v) is 5.55. The maximum atomic E-state index is 12.1. The van der Waals surface area contributed by atoms with Crippen LogP contribution < -0.4 is 0 Å². The van der Waals surface area contributed by atoms with Gasteiger partial charge in [-0.05, 0) is 39.5 Å². The Labute approximate surface area is 127 Å². The number of fused-ring (bicyclic) bond motifs is 1. The Morgan fingerprint density at radius 3 is 2.89 bits per heavy atom. The maximum Gasteiger partial charge on any atom is 0.184 e. The van der Waals surface area contributed by atoms with Gasteiger partial charge < -0.3 is 4.98 Å². The first-order valence-corrected chi connectivity index (χ1v) is 8.36. The first-order valence-electron chi connectivity index (χ1n) is 5.71. The molecule has 0 radical (unpaired) electrons. The first-order chi connectivity index (χ1) is 9.24. The Balaban J connectivity index is 1.72. The molecule has 3 aromatic rings. The molecule has 19 heavy (non-hydrogen) atoms. The molecule has 2 nitrogen and oxygen atoms in total. The lowest BCUT2D eigenvalue weighted by Gasteiger charge is -1.97. The highest BCUT2D eigenvalue weighted by molar-refractivity contribution is 9.10. The fourth-order valence-electron chi connectivity index (χ4n) is 1.83. The van der Waals surface area contributed by atoms with Crippen LogP contribution in [0.2, 0.25) is 0 Å². The van der Waals surface area contributed by atoms with E-state index < -0.39 is 0 Å². The lowest BCUT2D eigenvalue weighted by Crippen LogP contribution is -2.00. The van der Waals surface area contributed by atoms with E-state index in [1.165, 1.54) is 16.7 Å². The normalized spacial score (nSPS) is 11.0. The highest BCUT2D eigenvalue weighted by atomic mass is 79.9. The summed E-state index contributed by atoms with van der Waals surface area (Å²) in [6.45, 7) is 0. The van der Waals surface area contributed by atoms with Crippen molar-refractivity contribution in [3.05, 3.63) is 51.1 Å². The summed E-state index contributed by atoms with van der Waals surface area (Å²) in [5.41, 5.74) is 1.11. The van der Waals surface area contributed by atoms with E-state index in [-0.39, 0.29) is 5.78 Å². The number of carbonyl (C=O) groups is 1. The third-order valence-electron chi connectivity index (χ3n) is 2.73. The minimum Gasteiger partial charge on any atom is -0.350 e. The van der Waals surface area contributed by atoms with Crippen LogP contribution in [0, 0.1) is 0 Å². The molecular formula is C14H10BrNOS2. The average Bonchev–Trinajstić information content (AvgIpc) is 3.01. The second kappa shape index (κ2) is 5.53. The molecule has 0 unspecified atom stereocenters. The molecule has 0 bridgehead atoms. The van der Waals surface area contributed by atoms with E-state index in [1.54, 1.807) is 11.8 Å². The molecule has 0 aliphatic heterocycles. The number of aromatic amines is 1. The quantitative estimate of drug-likeness (QED) is 0.531. The van der Waals surface area contributed by atoms with Gasteiger partial charge in [0.1, 0.15) is 0 Å². The molecular weight excluding hydrogens is 342 g/mol. The predicted molar refractivity (Wildman–Crippen MR) is 85.4 cm³/mol. The van der Waals surface area contributed by atoms with E-state index in [2.05, 4.69) is 33.0 Å². The van der Waals surface area contributed by atoms with Crippen LogP contribution >= 0.6 is 39.0 Å². The molecule has 0 aliphatic rings. The number of Topliss-reactive ketones (excluding diaryl/α,β-unsaturated/α-hetero) is 1. The highest BCUT2D eigenvalue weighted by Gasteiger charge is 2.12. The standard InChI is InChI=1S/C14H10BrNOS2/c15-10-5-6-18-14(10)12(17)8-19-13-7-9-3-1-2-4-11(9)16-13/h1-7,16H,8H2. The van der Waals surface area contributed by atoms with Crippen molar-refractivity contribution in [2.24, 2.45) is 0 Å². The zero-order chi connectivity index (χ0) is 13.2. The van der Waals surface area contributed by atoms with Gasteiger partial charge in [0, 0.05) is 15.4 Å². The zero-order valence-corrected chi connectivity index (χ0v) is 13.1. The van der Waals surface area contributed by atoms with Crippen molar-refractivity contribution < 1.29 is 4.79 Å². The molecule has 0 saturated carbocycles.